The Morgan fingerprint density at radius 3 is 2.25 bits per heavy atom. The van der Waals surface area contributed by atoms with Crippen LogP contribution in [0.15, 0.2) is 0 Å². The van der Waals surface area contributed by atoms with Gasteiger partial charge in [0, 0.05) is 24.6 Å². The summed E-state index contributed by atoms with van der Waals surface area (Å²) in [5.74, 6) is 1.40. The highest BCUT2D eigenvalue weighted by Crippen LogP contribution is 2.16. The van der Waals surface area contributed by atoms with Gasteiger partial charge < -0.3 is 10.1 Å². The fourth-order valence-electron chi connectivity index (χ4n) is 1.55. The van der Waals surface area contributed by atoms with Gasteiger partial charge in [-0.2, -0.15) is 0 Å². The molecule has 0 amide bonds. The topological polar surface area (TPSA) is 21.3 Å². The Labute approximate surface area is 106 Å². The first-order valence-corrected chi connectivity index (χ1v) is 7.02. The van der Waals surface area contributed by atoms with Crippen LogP contribution in [-0.4, -0.2) is 31.2 Å². The van der Waals surface area contributed by atoms with Crippen LogP contribution >= 0.6 is 11.6 Å². The van der Waals surface area contributed by atoms with E-state index in [0.29, 0.717) is 5.88 Å². The average molecular weight is 250 g/mol. The fraction of sp³-hybridized carbons (Fsp3) is 1.00. The van der Waals surface area contributed by atoms with E-state index in [9.17, 15) is 0 Å². The zero-order valence-electron chi connectivity index (χ0n) is 11.3. The highest BCUT2D eigenvalue weighted by Gasteiger charge is 2.23. The molecule has 2 nitrogen and oxygen atoms in total. The van der Waals surface area contributed by atoms with Gasteiger partial charge in [0.25, 0.3) is 0 Å². The van der Waals surface area contributed by atoms with Crippen LogP contribution < -0.4 is 5.32 Å². The van der Waals surface area contributed by atoms with Crippen LogP contribution in [0.25, 0.3) is 0 Å². The Balaban J connectivity index is 3.55. The monoisotopic (exact) mass is 249 g/mol. The summed E-state index contributed by atoms with van der Waals surface area (Å²) in [6.07, 6.45) is 3.28. The summed E-state index contributed by atoms with van der Waals surface area (Å²) in [5.41, 5.74) is 0.100. The molecule has 98 valence electrons. The van der Waals surface area contributed by atoms with Crippen molar-refractivity contribution in [3.8, 4) is 0 Å². The molecule has 0 aliphatic rings. The molecule has 0 aromatic heterocycles. The van der Waals surface area contributed by atoms with Gasteiger partial charge in [-0.05, 0) is 25.2 Å². The second kappa shape index (κ2) is 9.26. The number of hydrogen-bond donors (Lipinski definition) is 1. The van der Waals surface area contributed by atoms with Gasteiger partial charge in [0.05, 0.1) is 6.61 Å². The van der Waals surface area contributed by atoms with E-state index in [4.69, 9.17) is 16.3 Å². The molecule has 0 rings (SSSR count). The van der Waals surface area contributed by atoms with E-state index in [1.54, 1.807) is 0 Å². The van der Waals surface area contributed by atoms with Crippen molar-refractivity contribution in [2.45, 2.75) is 52.5 Å². The largest absolute Gasteiger partial charge is 0.380 e. The van der Waals surface area contributed by atoms with Gasteiger partial charge in [-0.3, -0.25) is 0 Å². The van der Waals surface area contributed by atoms with Gasteiger partial charge >= 0.3 is 0 Å². The molecule has 0 aliphatic carbocycles. The number of halogens is 1. The molecule has 0 saturated carbocycles. The summed E-state index contributed by atoms with van der Waals surface area (Å²) in [6, 6.07) is 0. The van der Waals surface area contributed by atoms with E-state index in [-0.39, 0.29) is 5.54 Å². The van der Waals surface area contributed by atoms with Crippen molar-refractivity contribution < 1.29 is 4.74 Å². The smallest absolute Gasteiger partial charge is 0.0591 e. The third kappa shape index (κ3) is 6.72. The van der Waals surface area contributed by atoms with E-state index in [1.807, 2.05) is 0 Å². The fourth-order valence-corrected chi connectivity index (χ4v) is 2.02. The number of ether oxygens (including phenoxy) is 1. The molecule has 0 unspecified atom stereocenters. The molecule has 16 heavy (non-hydrogen) atoms. The number of hydrogen-bond acceptors (Lipinski definition) is 2. The summed E-state index contributed by atoms with van der Waals surface area (Å²) in [6.45, 7) is 11.3. The third-order valence-corrected chi connectivity index (χ3v) is 3.71. The minimum Gasteiger partial charge on any atom is -0.380 e. The maximum absolute atomic E-state index is 6.00. The van der Waals surface area contributed by atoms with Gasteiger partial charge in [-0.15, -0.1) is 11.6 Å². The van der Waals surface area contributed by atoms with Gasteiger partial charge in [-0.25, -0.2) is 0 Å². The van der Waals surface area contributed by atoms with Crippen LogP contribution in [0.5, 0.6) is 0 Å². The molecule has 0 aromatic rings. The summed E-state index contributed by atoms with van der Waals surface area (Å²) < 4.78 is 5.57. The molecule has 0 bridgehead atoms. The first kappa shape index (κ1) is 16.2. The van der Waals surface area contributed by atoms with Crippen molar-refractivity contribution in [3.05, 3.63) is 0 Å². The standard InChI is InChI=1S/C13H28ClNO/c1-5-13(6-2,11-14)15-8-10-16-9-7-12(3)4/h12,15H,5-11H2,1-4H3. The van der Waals surface area contributed by atoms with E-state index in [1.165, 1.54) is 0 Å². The second-order valence-corrected chi connectivity index (χ2v) is 5.11. The van der Waals surface area contributed by atoms with Crippen LogP contribution in [0.4, 0.5) is 0 Å². The Kier molecular flexibility index (Phi) is 9.38. The molecule has 0 spiro atoms. The minimum absolute atomic E-state index is 0.100. The van der Waals surface area contributed by atoms with Gasteiger partial charge in [0.2, 0.25) is 0 Å². The molecule has 0 atom stereocenters. The number of alkyl halides is 1. The highest BCUT2D eigenvalue weighted by molar-refractivity contribution is 6.18. The maximum atomic E-state index is 6.00. The average Bonchev–Trinajstić information content (AvgIpc) is 2.29. The van der Waals surface area contributed by atoms with Crippen LogP contribution in [0, 0.1) is 5.92 Å². The highest BCUT2D eigenvalue weighted by atomic mass is 35.5. The maximum Gasteiger partial charge on any atom is 0.0591 e. The lowest BCUT2D eigenvalue weighted by atomic mass is 9.95. The molecule has 0 saturated heterocycles. The molecule has 3 heteroatoms. The van der Waals surface area contributed by atoms with Crippen molar-refractivity contribution in [3.63, 3.8) is 0 Å². The van der Waals surface area contributed by atoms with Crippen LogP contribution in [-0.2, 0) is 4.74 Å². The quantitative estimate of drug-likeness (QED) is 0.473. The molecule has 0 fully saturated rings. The molecule has 0 heterocycles. The molecule has 0 radical (unpaired) electrons. The SMILES string of the molecule is CCC(CC)(CCl)NCCOCCC(C)C. The molecule has 0 aromatic carbocycles. The van der Waals surface area contributed by atoms with E-state index in [2.05, 4.69) is 33.0 Å². The van der Waals surface area contributed by atoms with Gasteiger partial charge in [0.15, 0.2) is 0 Å². The Morgan fingerprint density at radius 2 is 1.81 bits per heavy atom. The van der Waals surface area contributed by atoms with Crippen LogP contribution in [0.3, 0.4) is 0 Å². The van der Waals surface area contributed by atoms with Gasteiger partial charge in [-0.1, -0.05) is 27.7 Å². The summed E-state index contributed by atoms with van der Waals surface area (Å²) in [5, 5.41) is 3.51. The van der Waals surface area contributed by atoms with Crippen molar-refractivity contribution in [2.24, 2.45) is 5.92 Å². The summed E-state index contributed by atoms with van der Waals surface area (Å²) >= 11 is 6.00. The number of rotatable bonds is 10. The Morgan fingerprint density at radius 1 is 1.19 bits per heavy atom. The first-order chi connectivity index (χ1) is 7.60. The Hall–Kier alpha value is 0.210. The van der Waals surface area contributed by atoms with E-state index < -0.39 is 0 Å². The molecular weight excluding hydrogens is 222 g/mol. The first-order valence-electron chi connectivity index (χ1n) is 6.49. The van der Waals surface area contributed by atoms with Crippen molar-refractivity contribution >= 4 is 11.6 Å². The van der Waals surface area contributed by atoms with Gasteiger partial charge in [0.1, 0.15) is 0 Å². The lowest BCUT2D eigenvalue weighted by Crippen LogP contribution is -2.47. The van der Waals surface area contributed by atoms with E-state index >= 15 is 0 Å². The lowest BCUT2D eigenvalue weighted by Gasteiger charge is -2.30. The van der Waals surface area contributed by atoms with Crippen molar-refractivity contribution in [2.75, 3.05) is 25.6 Å². The summed E-state index contributed by atoms with van der Waals surface area (Å²) in [7, 11) is 0. The summed E-state index contributed by atoms with van der Waals surface area (Å²) in [4.78, 5) is 0. The van der Waals surface area contributed by atoms with Crippen molar-refractivity contribution in [1.82, 2.24) is 5.32 Å². The third-order valence-electron chi connectivity index (χ3n) is 3.20. The lowest BCUT2D eigenvalue weighted by molar-refractivity contribution is 0.118. The van der Waals surface area contributed by atoms with E-state index in [0.717, 1.165) is 44.9 Å². The number of nitrogens with one attached hydrogen (secondary N) is 1. The minimum atomic E-state index is 0.100. The van der Waals surface area contributed by atoms with Crippen molar-refractivity contribution in [1.29, 1.82) is 0 Å². The normalized spacial score (nSPS) is 12.4. The molecular formula is C13H28ClNO. The predicted molar refractivity (Wildman–Crippen MR) is 72.3 cm³/mol. The second-order valence-electron chi connectivity index (χ2n) is 4.84. The molecule has 0 aliphatic heterocycles. The molecule has 1 N–H and O–H groups in total. The predicted octanol–water partition coefficient (Wildman–Crippen LogP) is 3.44. The van der Waals surface area contributed by atoms with Crippen LogP contribution in [0.1, 0.15) is 47.0 Å². The Bertz CT molecular complexity index is 150. The van der Waals surface area contributed by atoms with Crippen LogP contribution in [0.2, 0.25) is 0 Å². The zero-order chi connectivity index (χ0) is 12.4. The zero-order valence-corrected chi connectivity index (χ0v) is 12.1.